The van der Waals surface area contributed by atoms with Crippen molar-refractivity contribution in [2.45, 2.75) is 36.8 Å². The fourth-order valence-electron chi connectivity index (χ4n) is 4.92. The van der Waals surface area contributed by atoms with Crippen LogP contribution in [0.4, 0.5) is 5.13 Å². The molecule has 1 aliphatic carbocycles. The number of amides is 1. The second-order valence-electron chi connectivity index (χ2n) is 8.13. The molecule has 1 amide bonds. The van der Waals surface area contributed by atoms with Gasteiger partial charge in [0.05, 0.1) is 38.9 Å². The summed E-state index contributed by atoms with van der Waals surface area (Å²) >= 11 is 7.71. The molecule has 3 heterocycles. The largest absolute Gasteiger partial charge is 0.493 e. The van der Waals surface area contributed by atoms with Gasteiger partial charge in [-0.25, -0.2) is 4.98 Å². The van der Waals surface area contributed by atoms with E-state index in [4.69, 9.17) is 30.5 Å². The average Bonchev–Trinajstić information content (AvgIpc) is 3.45. The van der Waals surface area contributed by atoms with Gasteiger partial charge in [-0.2, -0.15) is 0 Å². The Hall–Kier alpha value is -2.78. The Morgan fingerprint density at radius 1 is 1.12 bits per heavy atom. The monoisotopic (exact) mass is 490 g/mol. The Kier molecular flexibility index (Phi) is 5.70. The minimum absolute atomic E-state index is 0.0901. The molecule has 10 heteroatoms. The van der Waals surface area contributed by atoms with Crippen molar-refractivity contribution in [3.05, 3.63) is 40.6 Å². The molecule has 1 aromatic heterocycles. The van der Waals surface area contributed by atoms with Crippen LogP contribution in [0.2, 0.25) is 0 Å². The predicted octanol–water partition coefficient (Wildman–Crippen LogP) is 3.89. The molecule has 2 aromatic rings. The van der Waals surface area contributed by atoms with Crippen LogP contribution in [-0.4, -0.2) is 49.5 Å². The SMILES string of the molecule is COc1cc(C2C3=C(OC4CCC(Cl)CC4C3=O)C(=O)N2c2nccs2)cc(OC)c1OC. The number of methoxy groups -OCH3 is 3. The second-order valence-corrected chi connectivity index (χ2v) is 9.62. The fraction of sp³-hybridized carbons (Fsp3) is 0.435. The molecular weight excluding hydrogens is 468 g/mol. The Morgan fingerprint density at radius 3 is 2.45 bits per heavy atom. The van der Waals surface area contributed by atoms with Crippen molar-refractivity contribution >= 4 is 39.8 Å². The first-order chi connectivity index (χ1) is 16.0. The Morgan fingerprint density at radius 2 is 1.85 bits per heavy atom. The summed E-state index contributed by atoms with van der Waals surface area (Å²) in [5.41, 5.74) is 0.961. The molecule has 174 valence electrons. The van der Waals surface area contributed by atoms with E-state index >= 15 is 0 Å². The Labute approximate surface area is 200 Å². The number of carbonyl (C=O) groups is 2. The zero-order valence-electron chi connectivity index (χ0n) is 18.4. The summed E-state index contributed by atoms with van der Waals surface area (Å²) in [4.78, 5) is 33.2. The number of anilines is 1. The number of hydrogen-bond donors (Lipinski definition) is 0. The summed E-state index contributed by atoms with van der Waals surface area (Å²) in [6, 6.07) is 2.76. The summed E-state index contributed by atoms with van der Waals surface area (Å²) in [6.45, 7) is 0. The molecule has 4 atom stereocenters. The molecule has 0 radical (unpaired) electrons. The van der Waals surface area contributed by atoms with Gasteiger partial charge in [-0.1, -0.05) is 0 Å². The number of carbonyl (C=O) groups excluding carboxylic acids is 2. The van der Waals surface area contributed by atoms with Gasteiger partial charge in [0.1, 0.15) is 6.10 Å². The number of nitrogens with zero attached hydrogens (tertiary/aromatic N) is 2. The van der Waals surface area contributed by atoms with Gasteiger partial charge in [-0.3, -0.25) is 14.5 Å². The van der Waals surface area contributed by atoms with Gasteiger partial charge in [0.15, 0.2) is 28.2 Å². The number of fused-ring (bicyclic) bond motifs is 1. The highest BCUT2D eigenvalue weighted by Gasteiger charge is 2.54. The zero-order chi connectivity index (χ0) is 23.3. The molecular formula is C23H23ClN2O6S. The van der Waals surface area contributed by atoms with Crippen LogP contribution < -0.4 is 19.1 Å². The number of benzene rings is 1. The molecule has 1 fully saturated rings. The Bertz CT molecular complexity index is 1110. The van der Waals surface area contributed by atoms with E-state index in [1.54, 1.807) is 23.7 Å². The van der Waals surface area contributed by atoms with Crippen molar-refractivity contribution in [3.8, 4) is 17.2 Å². The lowest BCUT2D eigenvalue weighted by Crippen LogP contribution is -2.41. The normalized spacial score (nSPS) is 26.6. The third-order valence-corrected chi connectivity index (χ3v) is 7.58. The lowest BCUT2D eigenvalue weighted by molar-refractivity contribution is -0.131. The fourth-order valence-corrected chi connectivity index (χ4v) is 5.91. The van der Waals surface area contributed by atoms with E-state index in [-0.39, 0.29) is 34.8 Å². The minimum atomic E-state index is -0.739. The van der Waals surface area contributed by atoms with Crippen molar-refractivity contribution in [2.24, 2.45) is 5.92 Å². The number of alkyl halides is 1. The maximum atomic E-state index is 13.8. The van der Waals surface area contributed by atoms with Crippen LogP contribution in [0.25, 0.3) is 0 Å². The van der Waals surface area contributed by atoms with Gasteiger partial charge in [-0.15, -0.1) is 22.9 Å². The van der Waals surface area contributed by atoms with E-state index in [1.807, 2.05) is 0 Å². The third kappa shape index (κ3) is 3.45. The number of rotatable bonds is 5. The number of halogens is 1. The quantitative estimate of drug-likeness (QED) is 0.587. The van der Waals surface area contributed by atoms with Crippen molar-refractivity contribution < 1.29 is 28.5 Å². The maximum Gasteiger partial charge on any atom is 0.296 e. The number of ketones is 1. The van der Waals surface area contributed by atoms with Crippen LogP contribution in [0.5, 0.6) is 17.2 Å². The molecule has 8 nitrogen and oxygen atoms in total. The molecule has 0 saturated heterocycles. The van der Waals surface area contributed by atoms with Crippen LogP contribution >= 0.6 is 22.9 Å². The summed E-state index contributed by atoms with van der Waals surface area (Å²) in [5.74, 6) is 0.514. The van der Waals surface area contributed by atoms with E-state index in [2.05, 4.69) is 4.98 Å². The standard InChI is InChI=1S/C23H23ClN2O6S/c1-29-15-8-11(9-16(30-2)20(15)31-3)18-17-19(27)13-10-12(24)4-5-14(13)32-21(17)22(28)26(18)23-25-6-7-33-23/h6-9,12-14,18H,4-5,10H2,1-3H3. The molecule has 3 aliphatic rings. The van der Waals surface area contributed by atoms with Crippen LogP contribution in [-0.2, 0) is 14.3 Å². The van der Waals surface area contributed by atoms with Crippen LogP contribution in [0.15, 0.2) is 35.0 Å². The van der Waals surface area contributed by atoms with Gasteiger partial charge < -0.3 is 18.9 Å². The highest BCUT2D eigenvalue weighted by atomic mass is 35.5. The van der Waals surface area contributed by atoms with Crippen LogP contribution in [0.3, 0.4) is 0 Å². The van der Waals surface area contributed by atoms with Gasteiger partial charge in [-0.05, 0) is 37.0 Å². The van der Waals surface area contributed by atoms with E-state index in [0.717, 1.165) is 6.42 Å². The molecule has 2 aliphatic heterocycles. The number of ether oxygens (including phenoxy) is 4. The average molecular weight is 491 g/mol. The number of hydrogen-bond acceptors (Lipinski definition) is 8. The molecule has 1 aromatic carbocycles. The first-order valence-corrected chi connectivity index (χ1v) is 11.9. The van der Waals surface area contributed by atoms with Gasteiger partial charge >= 0.3 is 0 Å². The smallest absolute Gasteiger partial charge is 0.296 e. The van der Waals surface area contributed by atoms with Crippen LogP contribution in [0.1, 0.15) is 30.9 Å². The predicted molar refractivity (Wildman–Crippen MR) is 122 cm³/mol. The minimum Gasteiger partial charge on any atom is -0.493 e. The Balaban J connectivity index is 1.68. The zero-order valence-corrected chi connectivity index (χ0v) is 19.9. The molecule has 33 heavy (non-hydrogen) atoms. The first kappa shape index (κ1) is 22.0. The van der Waals surface area contributed by atoms with E-state index in [9.17, 15) is 9.59 Å². The van der Waals surface area contributed by atoms with Crippen molar-refractivity contribution in [1.82, 2.24) is 4.98 Å². The lowest BCUT2D eigenvalue weighted by Gasteiger charge is -2.37. The molecule has 0 spiro atoms. The molecule has 5 rings (SSSR count). The van der Waals surface area contributed by atoms with E-state index < -0.39 is 6.04 Å². The summed E-state index contributed by atoms with van der Waals surface area (Å²) < 4.78 is 22.7. The van der Waals surface area contributed by atoms with Crippen LogP contribution in [0, 0.1) is 5.92 Å². The highest BCUT2D eigenvalue weighted by molar-refractivity contribution is 7.13. The maximum absolute atomic E-state index is 13.8. The number of Topliss-reactive ketones (excluding diaryl/α,β-unsaturated/α-hetero) is 1. The highest BCUT2D eigenvalue weighted by Crippen LogP contribution is 2.51. The third-order valence-electron chi connectivity index (χ3n) is 6.41. The molecule has 1 saturated carbocycles. The van der Waals surface area contributed by atoms with Crippen molar-refractivity contribution in [2.75, 3.05) is 26.2 Å². The summed E-state index contributed by atoms with van der Waals surface area (Å²) in [5, 5.41) is 2.17. The van der Waals surface area contributed by atoms with Gasteiger partial charge in [0.25, 0.3) is 5.91 Å². The summed E-state index contributed by atoms with van der Waals surface area (Å²) in [7, 11) is 4.56. The molecule has 0 bridgehead atoms. The topological polar surface area (TPSA) is 87.2 Å². The molecule has 0 N–H and O–H groups in total. The van der Waals surface area contributed by atoms with E-state index in [0.29, 0.717) is 46.4 Å². The van der Waals surface area contributed by atoms with Crippen molar-refractivity contribution in [1.29, 1.82) is 0 Å². The number of aromatic nitrogens is 1. The van der Waals surface area contributed by atoms with E-state index in [1.165, 1.54) is 37.6 Å². The van der Waals surface area contributed by atoms with Gasteiger partial charge in [0, 0.05) is 17.0 Å². The summed E-state index contributed by atoms with van der Waals surface area (Å²) in [6.07, 6.45) is 3.19. The second kappa shape index (κ2) is 8.53. The number of thiazole rings is 1. The molecule has 4 unspecified atom stereocenters. The first-order valence-electron chi connectivity index (χ1n) is 10.6. The van der Waals surface area contributed by atoms with Crippen molar-refractivity contribution in [3.63, 3.8) is 0 Å². The van der Waals surface area contributed by atoms with Gasteiger partial charge in [0.2, 0.25) is 5.75 Å². The lowest BCUT2D eigenvalue weighted by atomic mass is 9.77.